The van der Waals surface area contributed by atoms with E-state index in [9.17, 15) is 26.3 Å². The van der Waals surface area contributed by atoms with Crippen LogP contribution in [0.2, 0.25) is 0 Å². The van der Waals surface area contributed by atoms with Crippen molar-refractivity contribution >= 4 is 25.1 Å². The summed E-state index contributed by atoms with van der Waals surface area (Å²) >= 11 is 0. The number of pyridine rings is 1. The maximum Gasteiger partial charge on any atom is 0.416 e. The van der Waals surface area contributed by atoms with Crippen LogP contribution in [0.25, 0.3) is 0 Å². The van der Waals surface area contributed by atoms with Gasteiger partial charge in [0.2, 0.25) is 5.96 Å². The van der Waals surface area contributed by atoms with Crippen LogP contribution in [0.4, 0.5) is 32.2 Å². The molecular weight excluding hydrogens is 523 g/mol. The molecule has 2 aromatic rings. The maximum absolute atomic E-state index is 13.5. The standard InChI is InChI=1S/C25H30BF6N7/c1-3-38(13-16-6-4-5-7-16)22-18(10-21(26)12-35-22)15-39(23(33)36-37-34-2)14-17-8-19(24(27,28)29)11-20(9-17)25(30,31)32/h8-12,16H,3-7,13-15H2,1-2H3,(H2,33,34,36). The number of halogens is 6. The Morgan fingerprint density at radius 3 is 2.18 bits per heavy atom. The molecule has 7 nitrogen and oxygen atoms in total. The zero-order valence-corrected chi connectivity index (χ0v) is 21.7. The van der Waals surface area contributed by atoms with Crippen LogP contribution in [0.5, 0.6) is 0 Å². The number of alkyl halides is 6. The fourth-order valence-corrected chi connectivity index (χ4v) is 4.70. The molecule has 1 aliphatic rings. The van der Waals surface area contributed by atoms with Crippen molar-refractivity contribution in [3.8, 4) is 0 Å². The minimum absolute atomic E-state index is 0.0549. The number of nitrogens with two attached hydrogens (primary N) is 1. The summed E-state index contributed by atoms with van der Waals surface area (Å²) < 4.78 is 80.7. The maximum atomic E-state index is 13.5. The fraction of sp³-hybridized carbons (Fsp3) is 0.520. The molecule has 0 amide bonds. The van der Waals surface area contributed by atoms with Crippen LogP contribution in [0.1, 0.15) is 54.9 Å². The van der Waals surface area contributed by atoms with Crippen LogP contribution < -0.4 is 16.1 Å². The van der Waals surface area contributed by atoms with Gasteiger partial charge < -0.3 is 15.5 Å². The van der Waals surface area contributed by atoms with E-state index in [1.54, 1.807) is 6.07 Å². The average molecular weight is 553 g/mol. The summed E-state index contributed by atoms with van der Waals surface area (Å²) in [5.74, 6) is 0.850. The topological polar surface area (TPSA) is 82.5 Å². The highest BCUT2D eigenvalue weighted by Gasteiger charge is 2.37. The first-order chi connectivity index (χ1) is 18.3. The Kier molecular flexibility index (Phi) is 9.84. The Hall–Kier alpha value is -3.32. The van der Waals surface area contributed by atoms with E-state index >= 15 is 0 Å². The summed E-state index contributed by atoms with van der Waals surface area (Å²) in [5.41, 5.74) is 3.91. The lowest BCUT2D eigenvalue weighted by molar-refractivity contribution is -0.143. The summed E-state index contributed by atoms with van der Waals surface area (Å²) in [4.78, 5) is 7.92. The molecule has 1 aromatic heterocycles. The molecule has 1 saturated carbocycles. The number of aromatic nitrogens is 1. The van der Waals surface area contributed by atoms with Crippen LogP contribution in [-0.2, 0) is 25.4 Å². The summed E-state index contributed by atoms with van der Waals surface area (Å²) in [6.45, 7) is 2.89. The fourth-order valence-electron chi connectivity index (χ4n) is 4.70. The Morgan fingerprint density at radius 1 is 1.03 bits per heavy atom. The quantitative estimate of drug-likeness (QED) is 0.115. The number of nitrogens with zero attached hydrogens (tertiary/aromatic N) is 6. The van der Waals surface area contributed by atoms with E-state index < -0.39 is 30.0 Å². The van der Waals surface area contributed by atoms with E-state index in [4.69, 9.17) is 13.6 Å². The molecule has 14 heteroatoms. The first-order valence-corrected chi connectivity index (χ1v) is 12.5. The van der Waals surface area contributed by atoms with Gasteiger partial charge in [0.1, 0.15) is 13.7 Å². The Labute approximate surface area is 224 Å². The number of guanidine groups is 1. The molecule has 2 N–H and O–H groups in total. The van der Waals surface area contributed by atoms with Crippen molar-refractivity contribution in [2.24, 2.45) is 27.1 Å². The third kappa shape index (κ3) is 8.33. The van der Waals surface area contributed by atoms with Crippen molar-refractivity contribution in [3.63, 3.8) is 0 Å². The minimum atomic E-state index is -4.98. The molecule has 1 fully saturated rings. The molecule has 1 aliphatic carbocycles. The summed E-state index contributed by atoms with van der Waals surface area (Å²) in [5, 5.41) is 10.7. The second-order valence-corrected chi connectivity index (χ2v) is 9.46. The second kappa shape index (κ2) is 12.7. The van der Waals surface area contributed by atoms with Gasteiger partial charge in [-0.25, -0.2) is 4.98 Å². The zero-order chi connectivity index (χ0) is 28.8. The third-order valence-electron chi connectivity index (χ3n) is 6.54. The van der Waals surface area contributed by atoms with E-state index in [2.05, 4.69) is 25.3 Å². The van der Waals surface area contributed by atoms with Gasteiger partial charge in [-0.3, -0.25) is 0 Å². The Bertz CT molecular complexity index is 1140. The largest absolute Gasteiger partial charge is 0.416 e. The van der Waals surface area contributed by atoms with Gasteiger partial charge in [0, 0.05) is 37.9 Å². The normalized spacial score (nSPS) is 15.3. The highest BCUT2D eigenvalue weighted by Crippen LogP contribution is 2.37. The molecule has 0 atom stereocenters. The Balaban J connectivity index is 2.03. The Morgan fingerprint density at radius 2 is 1.64 bits per heavy atom. The highest BCUT2D eigenvalue weighted by molar-refractivity contribution is 6.32. The monoisotopic (exact) mass is 553 g/mol. The van der Waals surface area contributed by atoms with E-state index in [0.29, 0.717) is 41.4 Å². The van der Waals surface area contributed by atoms with E-state index in [1.807, 2.05) is 6.92 Å². The molecule has 0 unspecified atom stereocenters. The van der Waals surface area contributed by atoms with Gasteiger partial charge in [-0.1, -0.05) is 29.5 Å². The van der Waals surface area contributed by atoms with Crippen molar-refractivity contribution in [2.75, 3.05) is 25.0 Å². The molecule has 1 aromatic carbocycles. The SMILES string of the molecule is [B]c1cnc(N(CC)CC2CCCC2)c(CN(Cc2cc(C(F)(F)F)cc(C(F)(F)F)c2)C(N)=NN=NC)c1. The molecule has 210 valence electrons. The molecule has 0 saturated heterocycles. The lowest BCUT2D eigenvalue weighted by Gasteiger charge is -2.30. The highest BCUT2D eigenvalue weighted by atomic mass is 19.4. The molecule has 1 heterocycles. The van der Waals surface area contributed by atoms with Gasteiger partial charge >= 0.3 is 12.4 Å². The van der Waals surface area contributed by atoms with Crippen LogP contribution in [0.15, 0.2) is 45.9 Å². The molecule has 0 spiro atoms. The lowest BCUT2D eigenvalue weighted by Crippen LogP contribution is -2.38. The van der Waals surface area contributed by atoms with E-state index in [0.717, 1.165) is 32.2 Å². The average Bonchev–Trinajstić information content (AvgIpc) is 3.38. The molecule has 2 radical (unpaired) electrons. The number of rotatable bonds is 9. The third-order valence-corrected chi connectivity index (χ3v) is 6.54. The number of anilines is 1. The second-order valence-electron chi connectivity index (χ2n) is 9.46. The molecule has 3 rings (SSSR count). The van der Waals surface area contributed by atoms with Crippen LogP contribution in [-0.4, -0.2) is 43.8 Å². The van der Waals surface area contributed by atoms with Crippen molar-refractivity contribution in [2.45, 2.75) is 58.0 Å². The predicted molar refractivity (Wildman–Crippen MR) is 138 cm³/mol. The van der Waals surface area contributed by atoms with E-state index in [1.165, 1.54) is 18.1 Å². The van der Waals surface area contributed by atoms with Crippen LogP contribution >= 0.6 is 0 Å². The predicted octanol–water partition coefficient (Wildman–Crippen LogP) is 5.24. The smallest absolute Gasteiger partial charge is 0.368 e. The zero-order valence-electron chi connectivity index (χ0n) is 21.7. The summed E-state index contributed by atoms with van der Waals surface area (Å²) in [6, 6.07) is 3.06. The molecule has 0 aliphatic heterocycles. The van der Waals surface area contributed by atoms with Crippen molar-refractivity contribution in [1.82, 2.24) is 9.88 Å². The first kappa shape index (κ1) is 30.2. The van der Waals surface area contributed by atoms with Crippen LogP contribution in [0, 0.1) is 5.92 Å². The number of benzene rings is 1. The van der Waals surface area contributed by atoms with Gasteiger partial charge in [-0.2, -0.15) is 31.5 Å². The molecule has 39 heavy (non-hydrogen) atoms. The van der Waals surface area contributed by atoms with Gasteiger partial charge in [0.05, 0.1) is 18.2 Å². The van der Waals surface area contributed by atoms with Gasteiger partial charge in [-0.15, -0.1) is 0 Å². The van der Waals surface area contributed by atoms with Crippen LogP contribution in [0.3, 0.4) is 0 Å². The van der Waals surface area contributed by atoms with Crippen molar-refractivity contribution < 1.29 is 26.3 Å². The summed E-state index contributed by atoms with van der Waals surface area (Å²) in [6.07, 6.45) is -3.93. The first-order valence-electron chi connectivity index (χ1n) is 12.5. The molecule has 0 bridgehead atoms. The van der Waals surface area contributed by atoms with Gasteiger partial charge in [-0.05, 0) is 54.7 Å². The van der Waals surface area contributed by atoms with Crippen molar-refractivity contribution in [3.05, 3.63) is 52.7 Å². The minimum Gasteiger partial charge on any atom is -0.368 e. The van der Waals surface area contributed by atoms with Crippen molar-refractivity contribution in [1.29, 1.82) is 0 Å². The van der Waals surface area contributed by atoms with E-state index in [-0.39, 0.29) is 24.1 Å². The molecular formula is C25H30BF6N7. The van der Waals surface area contributed by atoms with Gasteiger partial charge in [0.25, 0.3) is 0 Å². The lowest BCUT2D eigenvalue weighted by atomic mass is 9.96. The number of hydrogen-bond acceptors (Lipinski definition) is 4. The number of hydrogen-bond donors (Lipinski definition) is 1. The summed E-state index contributed by atoms with van der Waals surface area (Å²) in [7, 11) is 7.35. The van der Waals surface area contributed by atoms with Gasteiger partial charge in [0.15, 0.2) is 0 Å².